The molecule has 0 radical (unpaired) electrons. The van der Waals surface area contributed by atoms with Crippen LogP contribution in [-0.2, 0) is 14.3 Å². The van der Waals surface area contributed by atoms with Crippen molar-refractivity contribution >= 4 is 17.6 Å². The number of nitriles is 1. The van der Waals surface area contributed by atoms with Crippen LogP contribution in [-0.4, -0.2) is 19.0 Å². The first-order chi connectivity index (χ1) is 8.65. The van der Waals surface area contributed by atoms with Gasteiger partial charge in [-0.25, -0.2) is 0 Å². The van der Waals surface area contributed by atoms with Gasteiger partial charge in [-0.05, 0) is 30.7 Å². The van der Waals surface area contributed by atoms with Crippen LogP contribution in [0.4, 0.5) is 5.69 Å². The SMILES string of the molecule is COC(=O)CCCC(=O)Nc1ccc(C#N)cc1. The molecule has 1 amide bonds. The molecule has 0 unspecified atom stereocenters. The van der Waals surface area contributed by atoms with E-state index in [1.165, 1.54) is 7.11 Å². The summed E-state index contributed by atoms with van der Waals surface area (Å²) in [4.78, 5) is 22.3. The fraction of sp³-hybridized carbons (Fsp3) is 0.308. The summed E-state index contributed by atoms with van der Waals surface area (Å²) in [7, 11) is 1.32. The van der Waals surface area contributed by atoms with Crippen LogP contribution < -0.4 is 5.32 Å². The molecule has 0 aliphatic carbocycles. The zero-order valence-corrected chi connectivity index (χ0v) is 10.1. The summed E-state index contributed by atoms with van der Waals surface area (Å²) in [5.41, 5.74) is 1.18. The molecule has 0 bridgehead atoms. The van der Waals surface area contributed by atoms with Gasteiger partial charge in [-0.2, -0.15) is 5.26 Å². The van der Waals surface area contributed by atoms with E-state index >= 15 is 0 Å². The van der Waals surface area contributed by atoms with E-state index in [0.29, 0.717) is 17.7 Å². The van der Waals surface area contributed by atoms with Crippen molar-refractivity contribution in [1.82, 2.24) is 0 Å². The van der Waals surface area contributed by atoms with Crippen LogP contribution in [0.5, 0.6) is 0 Å². The second-order valence-electron chi connectivity index (χ2n) is 3.67. The smallest absolute Gasteiger partial charge is 0.305 e. The number of rotatable bonds is 5. The molecule has 0 fully saturated rings. The standard InChI is InChI=1S/C13H14N2O3/c1-18-13(17)4-2-3-12(16)15-11-7-5-10(9-14)6-8-11/h5-8H,2-4H2,1H3,(H,15,16). The monoisotopic (exact) mass is 246 g/mol. The van der Waals surface area contributed by atoms with Gasteiger partial charge < -0.3 is 10.1 Å². The quantitative estimate of drug-likeness (QED) is 0.804. The Morgan fingerprint density at radius 2 is 1.94 bits per heavy atom. The van der Waals surface area contributed by atoms with Crippen LogP contribution >= 0.6 is 0 Å². The number of hydrogen-bond donors (Lipinski definition) is 1. The van der Waals surface area contributed by atoms with Gasteiger partial charge in [0.2, 0.25) is 5.91 Å². The Hall–Kier alpha value is -2.35. The molecule has 18 heavy (non-hydrogen) atoms. The number of carbonyl (C=O) groups excluding carboxylic acids is 2. The van der Waals surface area contributed by atoms with Crippen molar-refractivity contribution in [2.75, 3.05) is 12.4 Å². The summed E-state index contributed by atoms with van der Waals surface area (Å²) in [6.45, 7) is 0. The van der Waals surface area contributed by atoms with Crippen molar-refractivity contribution in [1.29, 1.82) is 5.26 Å². The highest BCUT2D eigenvalue weighted by atomic mass is 16.5. The molecule has 0 aliphatic rings. The minimum atomic E-state index is -0.318. The van der Waals surface area contributed by atoms with Crippen LogP contribution in [0.15, 0.2) is 24.3 Å². The average Bonchev–Trinajstić information content (AvgIpc) is 2.39. The highest BCUT2D eigenvalue weighted by Gasteiger charge is 2.05. The number of carbonyl (C=O) groups is 2. The number of ether oxygens (including phenoxy) is 1. The lowest BCUT2D eigenvalue weighted by Crippen LogP contribution is -2.12. The lowest BCUT2D eigenvalue weighted by Gasteiger charge is -2.04. The molecule has 1 rings (SSSR count). The fourth-order valence-corrected chi connectivity index (χ4v) is 1.35. The van der Waals surface area contributed by atoms with Crippen molar-refractivity contribution in [3.05, 3.63) is 29.8 Å². The van der Waals surface area contributed by atoms with Gasteiger partial charge in [0.25, 0.3) is 0 Å². The Balaban J connectivity index is 2.35. The van der Waals surface area contributed by atoms with Crippen molar-refractivity contribution in [2.24, 2.45) is 0 Å². The lowest BCUT2D eigenvalue weighted by molar-refractivity contribution is -0.140. The molecule has 5 heteroatoms. The lowest BCUT2D eigenvalue weighted by atomic mass is 10.2. The molecule has 0 aromatic heterocycles. The highest BCUT2D eigenvalue weighted by molar-refractivity contribution is 5.90. The highest BCUT2D eigenvalue weighted by Crippen LogP contribution is 2.09. The maximum Gasteiger partial charge on any atom is 0.305 e. The summed E-state index contributed by atoms with van der Waals surface area (Å²) in [5.74, 6) is -0.482. The van der Waals surface area contributed by atoms with Crippen molar-refractivity contribution in [2.45, 2.75) is 19.3 Å². The third-order valence-corrected chi connectivity index (χ3v) is 2.31. The molecule has 0 spiro atoms. The zero-order valence-electron chi connectivity index (χ0n) is 10.1. The topological polar surface area (TPSA) is 79.2 Å². The van der Waals surface area contributed by atoms with E-state index in [9.17, 15) is 9.59 Å². The number of nitrogens with zero attached hydrogens (tertiary/aromatic N) is 1. The van der Waals surface area contributed by atoms with Crippen LogP contribution in [0.1, 0.15) is 24.8 Å². The van der Waals surface area contributed by atoms with E-state index in [2.05, 4.69) is 10.1 Å². The molecular weight excluding hydrogens is 232 g/mol. The number of anilines is 1. The molecular formula is C13H14N2O3. The molecule has 0 atom stereocenters. The predicted octanol–water partition coefficient (Wildman–Crippen LogP) is 1.84. The molecule has 1 N–H and O–H groups in total. The number of amides is 1. The predicted molar refractivity (Wildman–Crippen MR) is 65.7 cm³/mol. The summed E-state index contributed by atoms with van der Waals surface area (Å²) < 4.78 is 4.47. The van der Waals surface area contributed by atoms with Gasteiger partial charge >= 0.3 is 5.97 Å². The van der Waals surface area contributed by atoms with E-state index < -0.39 is 0 Å². The molecule has 1 aromatic carbocycles. The van der Waals surface area contributed by atoms with E-state index in [1.54, 1.807) is 24.3 Å². The maximum absolute atomic E-state index is 11.5. The first-order valence-corrected chi connectivity index (χ1v) is 5.52. The van der Waals surface area contributed by atoms with E-state index in [0.717, 1.165) is 0 Å². The van der Waals surface area contributed by atoms with Gasteiger partial charge in [0.15, 0.2) is 0 Å². The fourth-order valence-electron chi connectivity index (χ4n) is 1.35. The summed E-state index contributed by atoms with van der Waals surface area (Å²) in [6, 6.07) is 8.58. The molecule has 0 aliphatic heterocycles. The van der Waals surface area contributed by atoms with E-state index in [1.807, 2.05) is 6.07 Å². The second-order valence-corrected chi connectivity index (χ2v) is 3.67. The third kappa shape index (κ3) is 4.66. The van der Waals surface area contributed by atoms with Crippen LogP contribution in [0.3, 0.4) is 0 Å². The van der Waals surface area contributed by atoms with Crippen LogP contribution in [0.2, 0.25) is 0 Å². The largest absolute Gasteiger partial charge is 0.469 e. The Morgan fingerprint density at radius 3 is 2.50 bits per heavy atom. The van der Waals surface area contributed by atoms with Gasteiger partial charge in [-0.15, -0.1) is 0 Å². The minimum absolute atomic E-state index is 0.163. The zero-order chi connectivity index (χ0) is 13.4. The molecule has 5 nitrogen and oxygen atoms in total. The third-order valence-electron chi connectivity index (χ3n) is 2.31. The number of nitrogens with one attached hydrogen (secondary N) is 1. The van der Waals surface area contributed by atoms with Crippen molar-refractivity contribution in [3.63, 3.8) is 0 Å². The molecule has 0 heterocycles. The number of methoxy groups -OCH3 is 1. The van der Waals surface area contributed by atoms with Gasteiger partial charge in [0.05, 0.1) is 18.7 Å². The minimum Gasteiger partial charge on any atom is -0.469 e. The summed E-state index contributed by atoms with van der Waals surface area (Å²) >= 11 is 0. The first-order valence-electron chi connectivity index (χ1n) is 5.52. The number of esters is 1. The van der Waals surface area contributed by atoms with Crippen LogP contribution in [0, 0.1) is 11.3 Å². The Morgan fingerprint density at radius 1 is 1.28 bits per heavy atom. The molecule has 94 valence electrons. The Bertz CT molecular complexity index is 460. The van der Waals surface area contributed by atoms with E-state index in [4.69, 9.17) is 5.26 Å². The van der Waals surface area contributed by atoms with Gasteiger partial charge in [0, 0.05) is 18.5 Å². The number of benzene rings is 1. The van der Waals surface area contributed by atoms with E-state index in [-0.39, 0.29) is 24.7 Å². The first kappa shape index (κ1) is 13.7. The average molecular weight is 246 g/mol. The van der Waals surface area contributed by atoms with Crippen molar-refractivity contribution in [3.8, 4) is 6.07 Å². The second kappa shape index (κ2) is 7.07. The van der Waals surface area contributed by atoms with Gasteiger partial charge in [-0.1, -0.05) is 0 Å². The van der Waals surface area contributed by atoms with Crippen LogP contribution in [0.25, 0.3) is 0 Å². The van der Waals surface area contributed by atoms with Gasteiger partial charge in [-0.3, -0.25) is 9.59 Å². The normalized spacial score (nSPS) is 9.33. The molecule has 1 aromatic rings. The number of hydrogen-bond acceptors (Lipinski definition) is 4. The maximum atomic E-state index is 11.5. The van der Waals surface area contributed by atoms with Crippen molar-refractivity contribution < 1.29 is 14.3 Å². The Kier molecular flexibility index (Phi) is 5.39. The molecule has 0 saturated heterocycles. The summed E-state index contributed by atoms with van der Waals surface area (Å²) in [6.07, 6.45) is 0.946. The summed E-state index contributed by atoms with van der Waals surface area (Å²) in [5, 5.41) is 11.3. The molecule has 0 saturated carbocycles. The van der Waals surface area contributed by atoms with Gasteiger partial charge in [0.1, 0.15) is 0 Å². The Labute approximate surface area is 105 Å².